The molecule has 1 heterocycles. The minimum Gasteiger partial charge on any atom is -0.367 e. The predicted octanol–water partition coefficient (Wildman–Crippen LogP) is 4.78. The third-order valence-corrected chi connectivity index (χ3v) is 4.77. The maximum atomic E-state index is 6.69. The van der Waals surface area contributed by atoms with Crippen LogP contribution >= 0.6 is 0 Å². The molecular formula is C23H22O2. The molecule has 1 saturated heterocycles. The monoisotopic (exact) mass is 330 g/mol. The molecule has 25 heavy (non-hydrogen) atoms. The lowest BCUT2D eigenvalue weighted by Crippen LogP contribution is -2.36. The van der Waals surface area contributed by atoms with Gasteiger partial charge in [0.25, 0.3) is 0 Å². The highest BCUT2D eigenvalue weighted by Crippen LogP contribution is 2.42. The molecule has 1 atom stereocenters. The maximum absolute atomic E-state index is 6.69. The number of benzene rings is 3. The molecule has 2 heteroatoms. The van der Waals surface area contributed by atoms with E-state index >= 15 is 0 Å². The summed E-state index contributed by atoms with van der Waals surface area (Å²) in [7, 11) is 0. The Labute approximate surface area is 149 Å². The Morgan fingerprint density at radius 1 is 0.760 bits per heavy atom. The molecule has 0 aliphatic carbocycles. The summed E-state index contributed by atoms with van der Waals surface area (Å²) >= 11 is 0. The number of epoxide rings is 1. The lowest BCUT2D eigenvalue weighted by atomic mass is 9.80. The van der Waals surface area contributed by atoms with Crippen molar-refractivity contribution in [2.75, 3.05) is 13.2 Å². The first-order valence-corrected chi connectivity index (χ1v) is 8.67. The van der Waals surface area contributed by atoms with Gasteiger partial charge in [0.1, 0.15) is 11.2 Å². The fourth-order valence-corrected chi connectivity index (χ4v) is 3.24. The Hall–Kier alpha value is -2.42. The fourth-order valence-electron chi connectivity index (χ4n) is 3.24. The Morgan fingerprint density at radius 2 is 1.12 bits per heavy atom. The molecule has 0 aromatic heterocycles. The van der Waals surface area contributed by atoms with E-state index in [0.717, 1.165) is 23.3 Å². The van der Waals surface area contributed by atoms with Gasteiger partial charge in [-0.15, -0.1) is 0 Å². The van der Waals surface area contributed by atoms with Crippen molar-refractivity contribution in [1.82, 2.24) is 0 Å². The summed E-state index contributed by atoms with van der Waals surface area (Å²) < 4.78 is 12.3. The van der Waals surface area contributed by atoms with Crippen molar-refractivity contribution in [3.8, 4) is 0 Å². The molecule has 0 bridgehead atoms. The average Bonchev–Trinajstić information content (AvgIpc) is 3.42. The Kier molecular flexibility index (Phi) is 4.16. The van der Waals surface area contributed by atoms with Crippen LogP contribution < -0.4 is 0 Å². The van der Waals surface area contributed by atoms with Crippen molar-refractivity contribution in [2.45, 2.75) is 18.1 Å². The normalized spacial score (nSPS) is 19.6. The maximum Gasteiger partial charge on any atom is 0.143 e. The highest BCUT2D eigenvalue weighted by Gasteiger charge is 2.45. The minimum absolute atomic E-state index is 0.177. The highest BCUT2D eigenvalue weighted by atomic mass is 16.6. The van der Waals surface area contributed by atoms with Crippen LogP contribution in [-0.2, 0) is 15.1 Å². The highest BCUT2D eigenvalue weighted by molar-refractivity contribution is 5.47. The second kappa shape index (κ2) is 6.47. The molecular weight excluding hydrogens is 308 g/mol. The summed E-state index contributed by atoms with van der Waals surface area (Å²) in [5, 5.41) is 0. The largest absolute Gasteiger partial charge is 0.367 e. The van der Waals surface area contributed by atoms with Crippen molar-refractivity contribution in [3.05, 3.63) is 108 Å². The van der Waals surface area contributed by atoms with E-state index < -0.39 is 5.60 Å². The molecule has 1 aliphatic heterocycles. The first kappa shape index (κ1) is 16.1. The van der Waals surface area contributed by atoms with Crippen LogP contribution in [0, 0.1) is 0 Å². The van der Waals surface area contributed by atoms with Crippen LogP contribution in [0.1, 0.15) is 23.6 Å². The van der Waals surface area contributed by atoms with Gasteiger partial charge in [-0.1, -0.05) is 91.0 Å². The summed E-state index contributed by atoms with van der Waals surface area (Å²) in [6, 6.07) is 31.3. The number of hydrogen-bond acceptors (Lipinski definition) is 2. The van der Waals surface area contributed by atoms with Gasteiger partial charge >= 0.3 is 0 Å². The Balaban J connectivity index is 1.90. The standard InChI is InChI=1S/C23H22O2/c1-22(17-24-22)18-25-23(19-11-5-2-6-12-19,20-13-7-3-8-14-20)21-15-9-4-10-16-21/h2-16H,17-18H2,1H3/t22-/m1/s1. The molecule has 4 rings (SSSR count). The van der Waals surface area contributed by atoms with Gasteiger partial charge in [-0.3, -0.25) is 0 Å². The molecule has 2 nitrogen and oxygen atoms in total. The molecule has 126 valence electrons. The van der Waals surface area contributed by atoms with Crippen LogP contribution in [-0.4, -0.2) is 18.8 Å². The van der Waals surface area contributed by atoms with Crippen LogP contribution in [0.15, 0.2) is 91.0 Å². The van der Waals surface area contributed by atoms with E-state index in [4.69, 9.17) is 9.47 Å². The first-order chi connectivity index (χ1) is 12.2. The van der Waals surface area contributed by atoms with E-state index in [1.54, 1.807) is 0 Å². The second-order valence-electron chi connectivity index (χ2n) is 6.81. The molecule has 0 radical (unpaired) electrons. The SMILES string of the molecule is C[C@]1(COC(c2ccccc2)(c2ccccc2)c2ccccc2)CO1. The van der Waals surface area contributed by atoms with Gasteiger partial charge in [0.15, 0.2) is 0 Å². The molecule has 3 aromatic rings. The quantitative estimate of drug-likeness (QED) is 0.479. The molecule has 0 N–H and O–H groups in total. The van der Waals surface area contributed by atoms with Gasteiger partial charge in [0, 0.05) is 0 Å². The zero-order valence-corrected chi connectivity index (χ0v) is 14.4. The average molecular weight is 330 g/mol. The van der Waals surface area contributed by atoms with Gasteiger partial charge in [0.2, 0.25) is 0 Å². The van der Waals surface area contributed by atoms with Crippen molar-refractivity contribution in [2.24, 2.45) is 0 Å². The third kappa shape index (κ3) is 3.11. The van der Waals surface area contributed by atoms with Crippen LogP contribution in [0.3, 0.4) is 0 Å². The zero-order chi connectivity index (χ0) is 17.2. The molecule has 0 amide bonds. The van der Waals surface area contributed by atoms with Gasteiger partial charge in [-0.05, 0) is 23.6 Å². The Bertz CT molecular complexity index is 712. The topological polar surface area (TPSA) is 21.8 Å². The van der Waals surface area contributed by atoms with Crippen molar-refractivity contribution in [3.63, 3.8) is 0 Å². The second-order valence-corrected chi connectivity index (χ2v) is 6.81. The summed E-state index contributed by atoms with van der Waals surface area (Å²) in [5.74, 6) is 0. The molecule has 1 aliphatic rings. The number of ether oxygens (including phenoxy) is 2. The van der Waals surface area contributed by atoms with Crippen molar-refractivity contribution >= 4 is 0 Å². The van der Waals surface area contributed by atoms with E-state index in [0.29, 0.717) is 6.61 Å². The van der Waals surface area contributed by atoms with Crippen LogP contribution in [0.2, 0.25) is 0 Å². The van der Waals surface area contributed by atoms with Gasteiger partial charge in [-0.2, -0.15) is 0 Å². The summed E-state index contributed by atoms with van der Waals surface area (Å²) in [6.07, 6.45) is 0. The lowest BCUT2D eigenvalue weighted by Gasteiger charge is -2.36. The van der Waals surface area contributed by atoms with Gasteiger partial charge < -0.3 is 9.47 Å². The van der Waals surface area contributed by atoms with Crippen molar-refractivity contribution < 1.29 is 9.47 Å². The molecule has 0 spiro atoms. The van der Waals surface area contributed by atoms with Crippen molar-refractivity contribution in [1.29, 1.82) is 0 Å². The lowest BCUT2D eigenvalue weighted by molar-refractivity contribution is -0.0136. The number of hydrogen-bond donors (Lipinski definition) is 0. The van der Waals surface area contributed by atoms with E-state index in [1.165, 1.54) is 0 Å². The summed E-state index contributed by atoms with van der Waals surface area (Å²) in [5.41, 5.74) is 2.53. The predicted molar refractivity (Wildman–Crippen MR) is 99.5 cm³/mol. The van der Waals surface area contributed by atoms with E-state index in [-0.39, 0.29) is 5.60 Å². The molecule has 3 aromatic carbocycles. The first-order valence-electron chi connectivity index (χ1n) is 8.67. The van der Waals surface area contributed by atoms with Crippen LogP contribution in [0.25, 0.3) is 0 Å². The zero-order valence-electron chi connectivity index (χ0n) is 14.4. The van der Waals surface area contributed by atoms with Gasteiger partial charge in [0.05, 0.1) is 13.2 Å². The molecule has 0 saturated carbocycles. The molecule has 0 unspecified atom stereocenters. The minimum atomic E-state index is -0.654. The van der Waals surface area contributed by atoms with Crippen LogP contribution in [0.5, 0.6) is 0 Å². The fraction of sp³-hybridized carbons (Fsp3) is 0.217. The third-order valence-electron chi connectivity index (χ3n) is 4.77. The summed E-state index contributed by atoms with van der Waals surface area (Å²) in [6.45, 7) is 3.39. The van der Waals surface area contributed by atoms with E-state index in [9.17, 15) is 0 Å². The number of rotatable bonds is 6. The summed E-state index contributed by atoms with van der Waals surface area (Å²) in [4.78, 5) is 0. The Morgan fingerprint density at radius 3 is 1.44 bits per heavy atom. The van der Waals surface area contributed by atoms with Crippen LogP contribution in [0.4, 0.5) is 0 Å². The van der Waals surface area contributed by atoms with Gasteiger partial charge in [-0.25, -0.2) is 0 Å². The van der Waals surface area contributed by atoms with E-state index in [1.807, 2.05) is 18.2 Å². The molecule has 1 fully saturated rings. The van der Waals surface area contributed by atoms with E-state index in [2.05, 4.69) is 79.7 Å². The smallest absolute Gasteiger partial charge is 0.143 e.